The van der Waals surface area contributed by atoms with Gasteiger partial charge in [0.15, 0.2) is 5.13 Å². The third-order valence-corrected chi connectivity index (χ3v) is 5.52. The van der Waals surface area contributed by atoms with Gasteiger partial charge in [-0.3, -0.25) is 4.79 Å². The minimum atomic E-state index is -0.0909. The molecule has 0 radical (unpaired) electrons. The van der Waals surface area contributed by atoms with Gasteiger partial charge in [-0.2, -0.15) is 9.50 Å². The summed E-state index contributed by atoms with van der Waals surface area (Å²) < 4.78 is 1.62. The molecule has 3 heterocycles. The van der Waals surface area contributed by atoms with Crippen LogP contribution in [0, 0.1) is 20.8 Å². The Kier molecular flexibility index (Phi) is 4.98. The Balaban J connectivity index is 1.43. The number of rotatable bonds is 5. The third-order valence-electron chi connectivity index (χ3n) is 4.77. The molecule has 0 saturated heterocycles. The zero-order chi connectivity index (χ0) is 20.5. The van der Waals surface area contributed by atoms with Gasteiger partial charge in [0.05, 0.1) is 5.69 Å². The molecule has 3 aromatic heterocycles. The molecular formula is C20H21N7OS. The number of nitrogens with zero attached hydrogens (tertiary/aromatic N) is 5. The van der Waals surface area contributed by atoms with Crippen molar-refractivity contribution in [1.82, 2.24) is 24.6 Å². The maximum Gasteiger partial charge on any atom is 0.254 e. The predicted molar refractivity (Wildman–Crippen MR) is 114 cm³/mol. The molecule has 0 aliphatic carbocycles. The summed E-state index contributed by atoms with van der Waals surface area (Å²) in [6.07, 6.45) is 0.862. The van der Waals surface area contributed by atoms with Crippen molar-refractivity contribution in [1.29, 1.82) is 0 Å². The van der Waals surface area contributed by atoms with Crippen molar-refractivity contribution in [3.05, 3.63) is 52.2 Å². The van der Waals surface area contributed by atoms with Crippen molar-refractivity contribution in [2.75, 3.05) is 11.1 Å². The summed E-state index contributed by atoms with van der Waals surface area (Å²) in [6, 6.07) is 8.15. The summed E-state index contributed by atoms with van der Waals surface area (Å²) in [7, 11) is 0. The summed E-state index contributed by atoms with van der Waals surface area (Å²) in [4.78, 5) is 25.5. The van der Waals surface area contributed by atoms with Gasteiger partial charge in [-0.1, -0.05) is 29.8 Å². The summed E-state index contributed by atoms with van der Waals surface area (Å²) in [5, 5.41) is 9.59. The van der Waals surface area contributed by atoms with Crippen LogP contribution in [-0.2, 0) is 11.2 Å². The van der Waals surface area contributed by atoms with E-state index in [4.69, 9.17) is 5.73 Å². The van der Waals surface area contributed by atoms with Crippen molar-refractivity contribution >= 4 is 34.1 Å². The van der Waals surface area contributed by atoms with E-state index in [9.17, 15) is 4.79 Å². The lowest BCUT2D eigenvalue weighted by molar-refractivity contribution is -0.116. The third kappa shape index (κ3) is 3.95. The smallest absolute Gasteiger partial charge is 0.254 e. The van der Waals surface area contributed by atoms with E-state index in [-0.39, 0.29) is 11.9 Å². The number of fused-ring (bicyclic) bond motifs is 1. The first kappa shape index (κ1) is 19.0. The van der Waals surface area contributed by atoms with Crippen LogP contribution in [0.25, 0.3) is 17.0 Å². The summed E-state index contributed by atoms with van der Waals surface area (Å²) in [6.45, 7) is 5.88. The standard InChI is InChI=1S/C20H21N7OS/c1-11-4-6-14(7-5-11)16-10-29-20(23-16)24-17(28)9-8-15-12(2)22-19-25-18(21)26-27(19)13(15)3/h4-7,10H,8-9H2,1-3H3,(H2,21,26)(H,23,24,28). The Bertz CT molecular complexity index is 1190. The summed E-state index contributed by atoms with van der Waals surface area (Å²) in [5.74, 6) is 0.562. The van der Waals surface area contributed by atoms with Crippen molar-refractivity contribution < 1.29 is 4.79 Å². The maximum atomic E-state index is 12.4. The van der Waals surface area contributed by atoms with Gasteiger partial charge >= 0.3 is 0 Å². The average Bonchev–Trinajstić information content (AvgIpc) is 3.28. The zero-order valence-corrected chi connectivity index (χ0v) is 17.2. The Morgan fingerprint density at radius 1 is 1.14 bits per heavy atom. The Morgan fingerprint density at radius 3 is 2.66 bits per heavy atom. The van der Waals surface area contributed by atoms with Crippen molar-refractivity contribution in [3.63, 3.8) is 0 Å². The van der Waals surface area contributed by atoms with Crippen molar-refractivity contribution in [3.8, 4) is 11.3 Å². The molecule has 1 amide bonds. The van der Waals surface area contributed by atoms with E-state index in [0.717, 1.165) is 28.2 Å². The molecule has 0 fully saturated rings. The average molecular weight is 408 g/mol. The first-order valence-corrected chi connectivity index (χ1v) is 10.1. The molecular weight excluding hydrogens is 386 g/mol. The lowest BCUT2D eigenvalue weighted by Crippen LogP contribution is -2.14. The van der Waals surface area contributed by atoms with Gasteiger partial charge in [0, 0.05) is 28.8 Å². The second-order valence-corrected chi connectivity index (χ2v) is 7.75. The molecule has 0 unspecified atom stereocenters. The van der Waals surface area contributed by atoms with Crippen LogP contribution in [0.2, 0.25) is 0 Å². The highest BCUT2D eigenvalue weighted by Gasteiger charge is 2.14. The molecule has 9 heteroatoms. The van der Waals surface area contributed by atoms with Gasteiger partial charge in [-0.15, -0.1) is 16.4 Å². The van der Waals surface area contributed by atoms with Gasteiger partial charge in [0.25, 0.3) is 5.78 Å². The molecule has 148 valence electrons. The number of carbonyl (C=O) groups excluding carboxylic acids is 1. The van der Waals surface area contributed by atoms with E-state index in [1.807, 2.05) is 50.4 Å². The van der Waals surface area contributed by atoms with Crippen LogP contribution >= 0.6 is 11.3 Å². The molecule has 4 aromatic rings. The number of aromatic nitrogens is 5. The SMILES string of the molecule is Cc1ccc(-c2csc(NC(=O)CCc3c(C)nc4nc(N)nn4c3C)n2)cc1. The van der Waals surface area contributed by atoms with Gasteiger partial charge < -0.3 is 11.1 Å². The van der Waals surface area contributed by atoms with Crippen molar-refractivity contribution in [2.45, 2.75) is 33.6 Å². The number of anilines is 2. The first-order valence-electron chi connectivity index (χ1n) is 9.21. The molecule has 29 heavy (non-hydrogen) atoms. The summed E-state index contributed by atoms with van der Waals surface area (Å²) >= 11 is 1.42. The number of hydrogen-bond donors (Lipinski definition) is 2. The second kappa shape index (κ2) is 7.59. The number of thiazole rings is 1. The van der Waals surface area contributed by atoms with Crippen LogP contribution in [0.5, 0.6) is 0 Å². The molecule has 4 rings (SSSR count). The number of carbonyl (C=O) groups is 1. The molecule has 1 aromatic carbocycles. The highest BCUT2D eigenvalue weighted by atomic mass is 32.1. The number of aryl methyl sites for hydroxylation is 3. The van der Waals surface area contributed by atoms with E-state index in [0.29, 0.717) is 23.8 Å². The molecule has 0 aliphatic rings. The number of amides is 1. The number of nitrogens with two attached hydrogens (primary N) is 1. The Labute approximate surface area is 171 Å². The molecule has 0 atom stereocenters. The molecule has 8 nitrogen and oxygen atoms in total. The van der Waals surface area contributed by atoms with Crippen LogP contribution in [0.15, 0.2) is 29.6 Å². The van der Waals surface area contributed by atoms with E-state index < -0.39 is 0 Å². The quantitative estimate of drug-likeness (QED) is 0.525. The molecule has 0 bridgehead atoms. The molecule has 0 spiro atoms. The van der Waals surface area contributed by atoms with E-state index in [2.05, 4.69) is 25.4 Å². The number of nitrogens with one attached hydrogen (secondary N) is 1. The van der Waals surface area contributed by atoms with Gasteiger partial charge in [0.1, 0.15) is 0 Å². The largest absolute Gasteiger partial charge is 0.366 e. The second-order valence-electron chi connectivity index (χ2n) is 6.90. The minimum absolute atomic E-state index is 0.0909. The van der Waals surface area contributed by atoms with E-state index in [1.54, 1.807) is 4.52 Å². The molecule has 3 N–H and O–H groups in total. The number of nitrogen functional groups attached to an aromatic ring is 1. The van der Waals surface area contributed by atoms with Gasteiger partial charge in [-0.05, 0) is 32.8 Å². The summed E-state index contributed by atoms with van der Waals surface area (Å²) in [5.41, 5.74) is 11.4. The Hall–Kier alpha value is -3.33. The lowest BCUT2D eigenvalue weighted by atomic mass is 10.1. The zero-order valence-electron chi connectivity index (χ0n) is 16.4. The maximum absolute atomic E-state index is 12.4. The van der Waals surface area contributed by atoms with Crippen LogP contribution in [0.4, 0.5) is 11.1 Å². The van der Waals surface area contributed by atoms with Crippen LogP contribution in [0.1, 0.15) is 28.9 Å². The topological polar surface area (TPSA) is 111 Å². The van der Waals surface area contributed by atoms with Crippen LogP contribution in [-0.4, -0.2) is 30.5 Å². The lowest BCUT2D eigenvalue weighted by Gasteiger charge is -2.10. The first-order chi connectivity index (χ1) is 13.9. The normalized spacial score (nSPS) is 11.1. The highest BCUT2D eigenvalue weighted by molar-refractivity contribution is 7.14. The van der Waals surface area contributed by atoms with E-state index in [1.165, 1.54) is 16.9 Å². The fourth-order valence-corrected chi connectivity index (χ4v) is 3.93. The number of hydrogen-bond acceptors (Lipinski definition) is 7. The van der Waals surface area contributed by atoms with Crippen molar-refractivity contribution in [2.24, 2.45) is 0 Å². The predicted octanol–water partition coefficient (Wildman–Crippen LogP) is 3.33. The van der Waals surface area contributed by atoms with Gasteiger partial charge in [0.2, 0.25) is 11.9 Å². The monoisotopic (exact) mass is 407 g/mol. The van der Waals surface area contributed by atoms with Crippen LogP contribution in [0.3, 0.4) is 0 Å². The fraction of sp³-hybridized carbons (Fsp3) is 0.250. The minimum Gasteiger partial charge on any atom is -0.366 e. The van der Waals surface area contributed by atoms with Gasteiger partial charge in [-0.25, -0.2) is 9.97 Å². The fourth-order valence-electron chi connectivity index (χ4n) is 3.19. The van der Waals surface area contributed by atoms with E-state index >= 15 is 0 Å². The molecule has 0 aliphatic heterocycles. The van der Waals surface area contributed by atoms with Crippen LogP contribution < -0.4 is 11.1 Å². The number of benzene rings is 1. The highest BCUT2D eigenvalue weighted by Crippen LogP contribution is 2.25. The molecule has 0 saturated carbocycles. The Morgan fingerprint density at radius 2 is 1.90 bits per heavy atom.